The third kappa shape index (κ3) is 2.91. The molecule has 1 aromatic rings. The van der Waals surface area contributed by atoms with Crippen LogP contribution in [0.25, 0.3) is 0 Å². The van der Waals surface area contributed by atoms with E-state index in [1.54, 1.807) is 13.3 Å². The Morgan fingerprint density at radius 1 is 1.69 bits per heavy atom. The lowest BCUT2D eigenvalue weighted by atomic mass is 10.3. The summed E-state index contributed by atoms with van der Waals surface area (Å²) in [5, 5.41) is 3.20. The number of hydrogen-bond donors (Lipinski definition) is 2. The Labute approximate surface area is 78.1 Å². The van der Waals surface area contributed by atoms with E-state index in [0.717, 1.165) is 5.69 Å². The Hall–Kier alpha value is -1.29. The van der Waals surface area contributed by atoms with Crippen LogP contribution in [0, 0.1) is 0 Å². The summed E-state index contributed by atoms with van der Waals surface area (Å²) in [6.45, 7) is 2.67. The van der Waals surface area contributed by atoms with Crippen LogP contribution in [0.2, 0.25) is 0 Å². The van der Waals surface area contributed by atoms with Gasteiger partial charge in [-0.05, 0) is 19.1 Å². The van der Waals surface area contributed by atoms with Gasteiger partial charge in [-0.25, -0.2) is 4.98 Å². The molecular formula is C9H15N3O. The summed E-state index contributed by atoms with van der Waals surface area (Å²) >= 11 is 0. The summed E-state index contributed by atoms with van der Waals surface area (Å²) in [7, 11) is 1.67. The first-order valence-electron chi connectivity index (χ1n) is 4.20. The summed E-state index contributed by atoms with van der Waals surface area (Å²) < 4.78 is 4.99. The molecule has 4 heteroatoms. The highest BCUT2D eigenvalue weighted by molar-refractivity contribution is 5.61. The fourth-order valence-electron chi connectivity index (χ4n) is 1.10. The molecule has 0 spiro atoms. The molecule has 1 atom stereocenters. The average Bonchev–Trinajstić information content (AvgIpc) is 2.09. The van der Waals surface area contributed by atoms with E-state index in [4.69, 9.17) is 10.5 Å². The van der Waals surface area contributed by atoms with E-state index in [1.807, 2.05) is 19.1 Å². The van der Waals surface area contributed by atoms with E-state index >= 15 is 0 Å². The summed E-state index contributed by atoms with van der Waals surface area (Å²) in [5.41, 5.74) is 6.50. The van der Waals surface area contributed by atoms with Crippen LogP contribution < -0.4 is 11.1 Å². The Morgan fingerprint density at radius 2 is 2.46 bits per heavy atom. The highest BCUT2D eigenvalue weighted by atomic mass is 16.5. The van der Waals surface area contributed by atoms with Gasteiger partial charge in [-0.3, -0.25) is 0 Å². The van der Waals surface area contributed by atoms with E-state index in [0.29, 0.717) is 12.4 Å². The third-order valence-corrected chi connectivity index (χ3v) is 1.66. The Bertz CT molecular complexity index is 265. The minimum absolute atomic E-state index is 0.233. The third-order valence-electron chi connectivity index (χ3n) is 1.66. The van der Waals surface area contributed by atoms with Gasteiger partial charge in [0.1, 0.15) is 5.82 Å². The number of aromatic nitrogens is 1. The Morgan fingerprint density at radius 3 is 3.08 bits per heavy atom. The van der Waals surface area contributed by atoms with Gasteiger partial charge in [0, 0.05) is 19.3 Å². The molecule has 0 saturated heterocycles. The van der Waals surface area contributed by atoms with Gasteiger partial charge in [0.05, 0.1) is 12.3 Å². The number of nitrogens with zero attached hydrogens (tertiary/aromatic N) is 1. The highest BCUT2D eigenvalue weighted by Gasteiger charge is 2.03. The number of ether oxygens (including phenoxy) is 1. The summed E-state index contributed by atoms with van der Waals surface area (Å²) in [5.74, 6) is 0.519. The van der Waals surface area contributed by atoms with Crippen molar-refractivity contribution in [3.8, 4) is 0 Å². The van der Waals surface area contributed by atoms with Crippen molar-refractivity contribution in [3.05, 3.63) is 18.3 Å². The number of nitrogens with one attached hydrogen (secondary N) is 1. The standard InChI is InChI=1S/C9H15N3O/c1-7(6-13-2)12-8-4-3-5-11-9(8)10/h3-5,7,12H,6H2,1-2H3,(H2,10,11). The monoisotopic (exact) mass is 181 g/mol. The van der Waals surface area contributed by atoms with Crippen molar-refractivity contribution in [2.24, 2.45) is 0 Å². The molecule has 0 aliphatic rings. The Kier molecular flexibility index (Phi) is 3.52. The van der Waals surface area contributed by atoms with Crippen molar-refractivity contribution >= 4 is 11.5 Å². The fraction of sp³-hybridized carbons (Fsp3) is 0.444. The van der Waals surface area contributed by atoms with Gasteiger partial charge in [0.2, 0.25) is 0 Å². The normalized spacial score (nSPS) is 12.5. The highest BCUT2D eigenvalue weighted by Crippen LogP contribution is 2.14. The molecule has 72 valence electrons. The van der Waals surface area contributed by atoms with Crippen molar-refractivity contribution in [1.82, 2.24) is 4.98 Å². The van der Waals surface area contributed by atoms with Gasteiger partial charge in [-0.15, -0.1) is 0 Å². The first-order valence-corrected chi connectivity index (χ1v) is 4.20. The number of pyridine rings is 1. The molecule has 0 radical (unpaired) electrons. The number of rotatable bonds is 4. The second kappa shape index (κ2) is 4.67. The molecule has 0 bridgehead atoms. The van der Waals surface area contributed by atoms with Crippen LogP contribution >= 0.6 is 0 Å². The largest absolute Gasteiger partial charge is 0.383 e. The maximum absolute atomic E-state index is 5.65. The molecule has 1 heterocycles. The molecule has 0 aromatic carbocycles. The maximum Gasteiger partial charge on any atom is 0.146 e. The predicted molar refractivity (Wildman–Crippen MR) is 53.6 cm³/mol. The lowest BCUT2D eigenvalue weighted by molar-refractivity contribution is 0.190. The van der Waals surface area contributed by atoms with Gasteiger partial charge in [0.15, 0.2) is 0 Å². The van der Waals surface area contributed by atoms with Crippen LogP contribution in [0.3, 0.4) is 0 Å². The van der Waals surface area contributed by atoms with Crippen LogP contribution in [0.5, 0.6) is 0 Å². The van der Waals surface area contributed by atoms with Crippen LogP contribution in [-0.2, 0) is 4.74 Å². The van der Waals surface area contributed by atoms with Crippen LogP contribution in [0.15, 0.2) is 18.3 Å². The number of hydrogen-bond acceptors (Lipinski definition) is 4. The first kappa shape index (κ1) is 9.80. The van der Waals surface area contributed by atoms with E-state index in [2.05, 4.69) is 10.3 Å². The maximum atomic E-state index is 5.65. The quantitative estimate of drug-likeness (QED) is 0.730. The average molecular weight is 181 g/mol. The molecule has 3 N–H and O–H groups in total. The van der Waals surface area contributed by atoms with Gasteiger partial charge >= 0.3 is 0 Å². The molecule has 1 unspecified atom stereocenters. The summed E-state index contributed by atoms with van der Waals surface area (Å²) in [6.07, 6.45) is 1.67. The molecule has 1 rings (SSSR count). The van der Waals surface area contributed by atoms with Crippen molar-refractivity contribution < 1.29 is 4.74 Å². The minimum atomic E-state index is 0.233. The smallest absolute Gasteiger partial charge is 0.146 e. The van der Waals surface area contributed by atoms with E-state index in [9.17, 15) is 0 Å². The summed E-state index contributed by atoms with van der Waals surface area (Å²) in [4.78, 5) is 3.97. The number of anilines is 2. The second-order valence-electron chi connectivity index (χ2n) is 2.94. The van der Waals surface area contributed by atoms with E-state index in [1.165, 1.54) is 0 Å². The first-order chi connectivity index (χ1) is 6.24. The van der Waals surface area contributed by atoms with Crippen molar-refractivity contribution in [1.29, 1.82) is 0 Å². The zero-order chi connectivity index (χ0) is 9.68. The minimum Gasteiger partial charge on any atom is -0.383 e. The topological polar surface area (TPSA) is 60.2 Å². The van der Waals surface area contributed by atoms with Crippen molar-refractivity contribution in [2.75, 3.05) is 24.8 Å². The SMILES string of the molecule is COCC(C)Nc1cccnc1N. The van der Waals surface area contributed by atoms with Crippen molar-refractivity contribution in [2.45, 2.75) is 13.0 Å². The predicted octanol–water partition coefficient (Wildman–Crippen LogP) is 1.11. The molecule has 1 aromatic heterocycles. The number of nitrogens with two attached hydrogens (primary N) is 1. The fourth-order valence-corrected chi connectivity index (χ4v) is 1.10. The Balaban J connectivity index is 2.58. The molecule has 0 aliphatic heterocycles. The lowest BCUT2D eigenvalue weighted by Crippen LogP contribution is -2.21. The van der Waals surface area contributed by atoms with Gasteiger partial charge in [-0.1, -0.05) is 0 Å². The van der Waals surface area contributed by atoms with Gasteiger partial charge < -0.3 is 15.8 Å². The molecule has 4 nitrogen and oxygen atoms in total. The zero-order valence-corrected chi connectivity index (χ0v) is 7.95. The number of nitrogen functional groups attached to an aromatic ring is 1. The van der Waals surface area contributed by atoms with Gasteiger partial charge in [-0.2, -0.15) is 0 Å². The van der Waals surface area contributed by atoms with Gasteiger partial charge in [0.25, 0.3) is 0 Å². The second-order valence-corrected chi connectivity index (χ2v) is 2.94. The number of methoxy groups -OCH3 is 1. The van der Waals surface area contributed by atoms with E-state index in [-0.39, 0.29) is 6.04 Å². The molecule has 0 aliphatic carbocycles. The van der Waals surface area contributed by atoms with Crippen molar-refractivity contribution in [3.63, 3.8) is 0 Å². The molecule has 0 fully saturated rings. The van der Waals surface area contributed by atoms with Crippen LogP contribution in [-0.4, -0.2) is 24.7 Å². The molecule has 0 saturated carbocycles. The molecule has 0 amide bonds. The zero-order valence-electron chi connectivity index (χ0n) is 7.95. The molecular weight excluding hydrogens is 166 g/mol. The molecule has 13 heavy (non-hydrogen) atoms. The lowest BCUT2D eigenvalue weighted by Gasteiger charge is -2.14. The van der Waals surface area contributed by atoms with Crippen LogP contribution in [0.4, 0.5) is 11.5 Å². The van der Waals surface area contributed by atoms with E-state index < -0.39 is 0 Å². The summed E-state index contributed by atoms with van der Waals surface area (Å²) in [6, 6.07) is 3.98. The van der Waals surface area contributed by atoms with Crippen LogP contribution in [0.1, 0.15) is 6.92 Å².